The van der Waals surface area contributed by atoms with Gasteiger partial charge in [-0.05, 0) is 38.3 Å². The van der Waals surface area contributed by atoms with Crippen molar-refractivity contribution >= 4 is 17.4 Å². The molecule has 1 N–H and O–H groups in total. The Hall–Kier alpha value is -2.62. The van der Waals surface area contributed by atoms with Crippen LogP contribution in [0.25, 0.3) is 16.9 Å². The molecule has 4 heteroatoms. The first-order valence-electron chi connectivity index (χ1n) is 9.90. The van der Waals surface area contributed by atoms with Crippen LogP contribution in [0.1, 0.15) is 50.7 Å². The van der Waals surface area contributed by atoms with E-state index in [9.17, 15) is 4.79 Å². The minimum Gasteiger partial charge on any atom is -0.310 e. The number of nitrogens with one attached hydrogen (secondary N) is 1. The predicted octanol–water partition coefficient (Wildman–Crippen LogP) is 5.77. The van der Waals surface area contributed by atoms with Crippen LogP contribution in [0.3, 0.4) is 0 Å². The number of aromatic nitrogens is 2. The highest BCUT2D eigenvalue weighted by Gasteiger charge is 2.21. The molecule has 4 nitrogen and oxygen atoms in total. The van der Waals surface area contributed by atoms with Crippen LogP contribution in [0, 0.1) is 19.8 Å². The normalized spacial score (nSPS) is 12.3. The number of fused-ring (bicyclic) bond motifs is 1. The number of unbranched alkanes of at least 4 members (excludes halogenated alkanes) is 1. The summed E-state index contributed by atoms with van der Waals surface area (Å²) in [6.07, 6.45) is 5.98. The molecule has 3 aromatic rings. The lowest BCUT2D eigenvalue weighted by Gasteiger charge is -2.15. The summed E-state index contributed by atoms with van der Waals surface area (Å²) in [7, 11) is 0. The lowest BCUT2D eigenvalue weighted by molar-refractivity contribution is -0.120. The monoisotopic (exact) mass is 363 g/mol. The number of carbonyl (C=O) groups excluding carboxylic acids is 1. The van der Waals surface area contributed by atoms with E-state index in [-0.39, 0.29) is 11.8 Å². The topological polar surface area (TPSA) is 46.4 Å². The Bertz CT molecular complexity index is 925. The van der Waals surface area contributed by atoms with Crippen molar-refractivity contribution < 1.29 is 4.79 Å². The average molecular weight is 364 g/mol. The number of anilines is 1. The minimum atomic E-state index is 0.0335. The number of amides is 1. The van der Waals surface area contributed by atoms with Gasteiger partial charge in [0.15, 0.2) is 0 Å². The van der Waals surface area contributed by atoms with Gasteiger partial charge in [-0.2, -0.15) is 0 Å². The zero-order valence-corrected chi connectivity index (χ0v) is 16.7. The molecule has 0 spiro atoms. The molecule has 1 amide bonds. The van der Waals surface area contributed by atoms with E-state index in [0.29, 0.717) is 0 Å². The molecular formula is C23H29N3O. The van der Waals surface area contributed by atoms with E-state index < -0.39 is 0 Å². The molecule has 2 aromatic heterocycles. The Morgan fingerprint density at radius 1 is 1.07 bits per heavy atom. The maximum atomic E-state index is 13.0. The maximum Gasteiger partial charge on any atom is 0.228 e. The zero-order chi connectivity index (χ0) is 19.4. The second kappa shape index (κ2) is 8.38. The summed E-state index contributed by atoms with van der Waals surface area (Å²) < 4.78 is 2.00. The molecular weight excluding hydrogens is 334 g/mol. The summed E-state index contributed by atoms with van der Waals surface area (Å²) in [5, 5.41) is 3.20. The molecule has 0 saturated heterocycles. The van der Waals surface area contributed by atoms with Crippen LogP contribution >= 0.6 is 0 Å². The largest absolute Gasteiger partial charge is 0.310 e. The highest BCUT2D eigenvalue weighted by Crippen LogP contribution is 2.30. The van der Waals surface area contributed by atoms with Gasteiger partial charge in [-0.1, -0.05) is 62.6 Å². The van der Waals surface area contributed by atoms with Crippen LogP contribution < -0.4 is 5.32 Å². The Morgan fingerprint density at radius 3 is 2.44 bits per heavy atom. The van der Waals surface area contributed by atoms with Crippen molar-refractivity contribution in [3.63, 3.8) is 0 Å². The summed E-state index contributed by atoms with van der Waals surface area (Å²) >= 11 is 0. The van der Waals surface area contributed by atoms with Crippen LogP contribution in [0.4, 0.5) is 5.82 Å². The molecule has 0 fully saturated rings. The summed E-state index contributed by atoms with van der Waals surface area (Å²) in [4.78, 5) is 17.8. The zero-order valence-electron chi connectivity index (χ0n) is 16.7. The van der Waals surface area contributed by atoms with Crippen LogP contribution in [0.2, 0.25) is 0 Å². The van der Waals surface area contributed by atoms with Gasteiger partial charge in [0.05, 0.1) is 0 Å². The van der Waals surface area contributed by atoms with Gasteiger partial charge < -0.3 is 5.32 Å². The molecule has 1 atom stereocenters. The third-order valence-electron chi connectivity index (χ3n) is 5.10. The number of hydrogen-bond acceptors (Lipinski definition) is 2. The lowest BCUT2D eigenvalue weighted by atomic mass is 9.98. The first kappa shape index (κ1) is 19.2. The van der Waals surface area contributed by atoms with E-state index >= 15 is 0 Å². The van der Waals surface area contributed by atoms with Gasteiger partial charge in [0.25, 0.3) is 0 Å². The molecule has 0 unspecified atom stereocenters. The second-order valence-electron chi connectivity index (χ2n) is 7.35. The fourth-order valence-corrected chi connectivity index (χ4v) is 3.37. The van der Waals surface area contributed by atoms with Crippen LogP contribution in [0.5, 0.6) is 0 Å². The number of carbonyl (C=O) groups is 1. The first-order chi connectivity index (χ1) is 13.0. The van der Waals surface area contributed by atoms with E-state index in [0.717, 1.165) is 54.0 Å². The summed E-state index contributed by atoms with van der Waals surface area (Å²) in [6, 6.07) is 12.3. The van der Waals surface area contributed by atoms with E-state index in [1.54, 1.807) is 0 Å². The number of pyridine rings is 1. The number of aryl methyl sites for hydroxylation is 2. The molecule has 0 radical (unpaired) electrons. The third-order valence-corrected chi connectivity index (χ3v) is 5.10. The van der Waals surface area contributed by atoms with Gasteiger partial charge >= 0.3 is 0 Å². The summed E-state index contributed by atoms with van der Waals surface area (Å²) in [5.74, 6) is 0.881. The number of hydrogen-bond donors (Lipinski definition) is 1. The Kier molecular flexibility index (Phi) is 5.94. The molecule has 27 heavy (non-hydrogen) atoms. The van der Waals surface area contributed by atoms with E-state index in [2.05, 4.69) is 50.4 Å². The number of nitrogens with zero attached hydrogens (tertiary/aromatic N) is 2. The number of imidazole rings is 1. The van der Waals surface area contributed by atoms with E-state index in [1.807, 2.05) is 29.7 Å². The highest BCUT2D eigenvalue weighted by molar-refractivity contribution is 5.96. The molecule has 2 heterocycles. The minimum absolute atomic E-state index is 0.0335. The quantitative estimate of drug-likeness (QED) is 0.579. The van der Waals surface area contributed by atoms with Crippen molar-refractivity contribution in [2.45, 2.75) is 53.4 Å². The molecule has 0 saturated carbocycles. The molecule has 0 aliphatic rings. The SMILES string of the molecule is CCCC[C@@H](CC)C(=O)Nc1c(-c2ccc(C)cc2)nc2ccc(C)cn12. The lowest BCUT2D eigenvalue weighted by Crippen LogP contribution is -2.23. The van der Waals surface area contributed by atoms with Crippen molar-refractivity contribution in [2.75, 3.05) is 5.32 Å². The van der Waals surface area contributed by atoms with Gasteiger partial charge in [0, 0.05) is 17.7 Å². The van der Waals surface area contributed by atoms with Crippen molar-refractivity contribution in [1.82, 2.24) is 9.38 Å². The van der Waals surface area contributed by atoms with Crippen LogP contribution in [-0.4, -0.2) is 15.3 Å². The summed E-state index contributed by atoms with van der Waals surface area (Å²) in [6.45, 7) is 8.36. The van der Waals surface area contributed by atoms with Gasteiger partial charge in [0.1, 0.15) is 17.2 Å². The van der Waals surface area contributed by atoms with Gasteiger partial charge in [-0.15, -0.1) is 0 Å². The molecule has 142 valence electrons. The first-order valence-corrected chi connectivity index (χ1v) is 9.90. The second-order valence-corrected chi connectivity index (χ2v) is 7.35. The smallest absolute Gasteiger partial charge is 0.228 e. The van der Waals surface area contributed by atoms with Gasteiger partial charge in [-0.3, -0.25) is 9.20 Å². The van der Waals surface area contributed by atoms with Crippen molar-refractivity contribution in [2.24, 2.45) is 5.92 Å². The van der Waals surface area contributed by atoms with Gasteiger partial charge in [0.2, 0.25) is 5.91 Å². The molecule has 3 rings (SSSR count). The fraction of sp³-hybridized carbons (Fsp3) is 0.391. The summed E-state index contributed by atoms with van der Waals surface area (Å²) in [5.41, 5.74) is 5.00. The van der Waals surface area contributed by atoms with Crippen LogP contribution in [-0.2, 0) is 4.79 Å². The standard InChI is InChI=1S/C23H29N3O/c1-5-7-8-18(6-2)23(27)25-22-21(19-12-9-16(3)10-13-19)24-20-14-11-17(4)15-26(20)22/h9-15,18H,5-8H2,1-4H3,(H,25,27)/t18-/m1/s1. The number of benzene rings is 1. The Labute approximate surface area is 161 Å². The van der Waals surface area contributed by atoms with Crippen LogP contribution in [0.15, 0.2) is 42.6 Å². The van der Waals surface area contributed by atoms with E-state index in [1.165, 1.54) is 5.56 Å². The molecule has 0 bridgehead atoms. The number of rotatable bonds is 7. The molecule has 0 aliphatic heterocycles. The maximum absolute atomic E-state index is 13.0. The molecule has 1 aromatic carbocycles. The Morgan fingerprint density at radius 2 is 1.78 bits per heavy atom. The van der Waals surface area contributed by atoms with Gasteiger partial charge in [-0.25, -0.2) is 4.98 Å². The van der Waals surface area contributed by atoms with Crippen molar-refractivity contribution in [3.8, 4) is 11.3 Å². The molecule has 0 aliphatic carbocycles. The Balaban J connectivity index is 2.03. The van der Waals surface area contributed by atoms with E-state index in [4.69, 9.17) is 4.98 Å². The fourth-order valence-electron chi connectivity index (χ4n) is 3.37. The predicted molar refractivity (Wildman–Crippen MR) is 112 cm³/mol. The van der Waals surface area contributed by atoms with Crippen molar-refractivity contribution in [3.05, 3.63) is 53.7 Å². The average Bonchev–Trinajstić information content (AvgIpc) is 3.00. The third kappa shape index (κ3) is 4.21. The van der Waals surface area contributed by atoms with Crippen molar-refractivity contribution in [1.29, 1.82) is 0 Å². The highest BCUT2D eigenvalue weighted by atomic mass is 16.2.